The van der Waals surface area contributed by atoms with E-state index in [0.29, 0.717) is 5.56 Å². The number of nitrogens with one attached hydrogen (secondary N) is 1. The highest BCUT2D eigenvalue weighted by Gasteiger charge is 2.49. The van der Waals surface area contributed by atoms with E-state index in [1.165, 1.54) is 23.5 Å². The van der Waals surface area contributed by atoms with Crippen LogP contribution in [0.15, 0.2) is 41.8 Å². The lowest BCUT2D eigenvalue weighted by atomic mass is 10.0. The van der Waals surface area contributed by atoms with E-state index in [9.17, 15) is 19.7 Å². The molecular weight excluding hydrogens is 318 g/mol. The summed E-state index contributed by atoms with van der Waals surface area (Å²) in [5.74, 6) is -0.330. The van der Waals surface area contributed by atoms with Crippen molar-refractivity contribution in [3.05, 3.63) is 62.3 Å². The Hall–Kier alpha value is -2.74. The molecule has 0 radical (unpaired) electrons. The van der Waals surface area contributed by atoms with Crippen molar-refractivity contribution in [2.45, 2.75) is 19.0 Å². The summed E-state index contributed by atoms with van der Waals surface area (Å²) in [6, 6.07) is 8.95. The second kappa shape index (κ2) is 5.47. The average molecular weight is 331 g/mol. The zero-order valence-corrected chi connectivity index (χ0v) is 13.0. The molecule has 1 saturated heterocycles. The number of imide groups is 1. The van der Waals surface area contributed by atoms with Crippen LogP contribution >= 0.6 is 11.3 Å². The second-order valence-corrected chi connectivity index (χ2v) is 6.30. The van der Waals surface area contributed by atoms with Crippen molar-refractivity contribution in [3.8, 4) is 0 Å². The predicted molar refractivity (Wildman–Crippen MR) is 83.8 cm³/mol. The molecule has 2 heterocycles. The minimum Gasteiger partial charge on any atom is -0.319 e. The highest BCUT2D eigenvalue weighted by atomic mass is 32.1. The van der Waals surface area contributed by atoms with Crippen LogP contribution in [0.5, 0.6) is 0 Å². The number of hydrogen-bond donors (Lipinski definition) is 1. The maximum atomic E-state index is 12.7. The maximum Gasteiger partial charge on any atom is 0.325 e. The van der Waals surface area contributed by atoms with Crippen molar-refractivity contribution in [1.29, 1.82) is 0 Å². The lowest BCUT2D eigenvalue weighted by Gasteiger charge is -2.20. The fraction of sp³-hybridized carbons (Fsp3) is 0.200. The second-order valence-electron chi connectivity index (χ2n) is 5.35. The number of benzene rings is 1. The first-order chi connectivity index (χ1) is 10.9. The molecule has 1 aliphatic rings. The van der Waals surface area contributed by atoms with Gasteiger partial charge in [0.2, 0.25) is 0 Å². The van der Waals surface area contributed by atoms with Gasteiger partial charge in [0, 0.05) is 17.0 Å². The minimum absolute atomic E-state index is 0.0330. The molecule has 8 heteroatoms. The van der Waals surface area contributed by atoms with E-state index in [-0.39, 0.29) is 18.1 Å². The van der Waals surface area contributed by atoms with Gasteiger partial charge in [0.1, 0.15) is 0 Å². The molecule has 23 heavy (non-hydrogen) atoms. The predicted octanol–water partition coefficient (Wildman–Crippen LogP) is 2.62. The summed E-state index contributed by atoms with van der Waals surface area (Å²) in [6.07, 6.45) is 0. The summed E-state index contributed by atoms with van der Waals surface area (Å²) in [7, 11) is 0. The number of nitrogens with zero attached hydrogens (tertiary/aromatic N) is 2. The van der Waals surface area contributed by atoms with E-state index in [1.807, 2.05) is 11.4 Å². The van der Waals surface area contributed by atoms with Crippen molar-refractivity contribution < 1.29 is 14.5 Å². The number of urea groups is 1. The van der Waals surface area contributed by atoms with Crippen LogP contribution in [0, 0.1) is 10.1 Å². The van der Waals surface area contributed by atoms with Crippen LogP contribution < -0.4 is 5.32 Å². The third-order valence-electron chi connectivity index (χ3n) is 3.78. The van der Waals surface area contributed by atoms with Crippen molar-refractivity contribution in [2.75, 3.05) is 0 Å². The highest BCUT2D eigenvalue weighted by molar-refractivity contribution is 7.10. The molecule has 0 saturated carbocycles. The summed E-state index contributed by atoms with van der Waals surface area (Å²) < 4.78 is 0. The number of nitro benzene ring substituents is 1. The van der Waals surface area contributed by atoms with E-state index in [2.05, 4.69) is 5.32 Å². The lowest BCUT2D eigenvalue weighted by Crippen LogP contribution is -2.40. The van der Waals surface area contributed by atoms with Crippen LogP contribution in [0.2, 0.25) is 0 Å². The number of carbonyl (C=O) groups excluding carboxylic acids is 2. The zero-order chi connectivity index (χ0) is 16.6. The third-order valence-corrected chi connectivity index (χ3v) is 4.87. The van der Waals surface area contributed by atoms with E-state index in [0.717, 1.165) is 9.78 Å². The molecule has 0 unspecified atom stereocenters. The number of nitro groups is 1. The fourth-order valence-corrected chi connectivity index (χ4v) is 3.31. The van der Waals surface area contributed by atoms with Crippen molar-refractivity contribution in [3.63, 3.8) is 0 Å². The van der Waals surface area contributed by atoms with Gasteiger partial charge in [-0.15, -0.1) is 11.3 Å². The molecule has 3 amide bonds. The van der Waals surface area contributed by atoms with Crippen LogP contribution in [-0.2, 0) is 16.9 Å². The molecule has 1 aromatic heterocycles. The van der Waals surface area contributed by atoms with Gasteiger partial charge in [-0.1, -0.05) is 18.2 Å². The molecule has 118 valence electrons. The summed E-state index contributed by atoms with van der Waals surface area (Å²) in [5.41, 5.74) is -0.449. The Balaban J connectivity index is 1.82. The third kappa shape index (κ3) is 2.57. The molecule has 0 aliphatic carbocycles. The standard InChI is InChI=1S/C15H13N3O4S/c1-15(12-3-2-8-23-12)13(19)17(14(20)16-15)9-10-4-6-11(7-5-10)18(21)22/h2-8H,9H2,1H3,(H,16,20)/t15-/m1/s1. The van der Waals surface area contributed by atoms with Gasteiger partial charge in [-0.05, 0) is 23.9 Å². The fourth-order valence-electron chi connectivity index (χ4n) is 2.48. The Morgan fingerprint density at radius 3 is 2.52 bits per heavy atom. The molecule has 7 nitrogen and oxygen atoms in total. The first-order valence-electron chi connectivity index (χ1n) is 6.83. The van der Waals surface area contributed by atoms with Crippen molar-refractivity contribution in [2.24, 2.45) is 0 Å². The van der Waals surface area contributed by atoms with Crippen LogP contribution in [0.25, 0.3) is 0 Å². The molecule has 0 spiro atoms. The maximum absolute atomic E-state index is 12.7. The Labute approximate surface area is 135 Å². The highest BCUT2D eigenvalue weighted by Crippen LogP contribution is 2.32. The van der Waals surface area contributed by atoms with Crippen LogP contribution in [0.1, 0.15) is 17.4 Å². The molecule has 1 aliphatic heterocycles. The largest absolute Gasteiger partial charge is 0.325 e. The van der Waals surface area contributed by atoms with Crippen molar-refractivity contribution >= 4 is 29.0 Å². The zero-order valence-electron chi connectivity index (χ0n) is 12.2. The summed E-state index contributed by atoms with van der Waals surface area (Å²) in [4.78, 5) is 36.9. The summed E-state index contributed by atoms with van der Waals surface area (Å²) >= 11 is 1.40. The van der Waals surface area contributed by atoms with E-state index >= 15 is 0 Å². The number of thiophene rings is 1. The lowest BCUT2D eigenvalue weighted by molar-refractivity contribution is -0.384. The number of amides is 3. The monoisotopic (exact) mass is 331 g/mol. The number of rotatable bonds is 4. The van der Waals surface area contributed by atoms with E-state index in [4.69, 9.17) is 0 Å². The van der Waals surface area contributed by atoms with Crippen LogP contribution in [0.3, 0.4) is 0 Å². The number of hydrogen-bond acceptors (Lipinski definition) is 5. The van der Waals surface area contributed by atoms with Gasteiger partial charge in [-0.3, -0.25) is 19.8 Å². The Bertz CT molecular complexity index is 773. The smallest absolute Gasteiger partial charge is 0.319 e. The van der Waals surface area contributed by atoms with Crippen molar-refractivity contribution in [1.82, 2.24) is 10.2 Å². The first-order valence-corrected chi connectivity index (χ1v) is 7.71. The molecular formula is C15H13N3O4S. The molecule has 1 atom stereocenters. The Kier molecular flexibility index (Phi) is 3.61. The molecule has 1 fully saturated rings. The topological polar surface area (TPSA) is 92.6 Å². The van der Waals surface area contributed by atoms with Gasteiger partial charge in [0.05, 0.1) is 11.5 Å². The van der Waals surface area contributed by atoms with Gasteiger partial charge in [-0.25, -0.2) is 4.79 Å². The van der Waals surface area contributed by atoms with E-state index in [1.54, 1.807) is 25.1 Å². The number of carbonyl (C=O) groups is 2. The molecule has 2 aromatic rings. The molecule has 1 N–H and O–H groups in total. The van der Waals surface area contributed by atoms with Crippen LogP contribution in [0.4, 0.5) is 10.5 Å². The van der Waals surface area contributed by atoms with E-state index < -0.39 is 16.5 Å². The molecule has 0 bridgehead atoms. The SMILES string of the molecule is C[C@]1(c2cccs2)NC(=O)N(Cc2ccc([N+](=O)[O-])cc2)C1=O. The first kappa shape index (κ1) is 15.2. The van der Waals surface area contributed by atoms with Gasteiger partial charge in [0.25, 0.3) is 11.6 Å². The van der Waals surface area contributed by atoms with Gasteiger partial charge in [-0.2, -0.15) is 0 Å². The minimum atomic E-state index is -1.06. The summed E-state index contributed by atoms with van der Waals surface area (Å²) in [5, 5.41) is 15.2. The van der Waals surface area contributed by atoms with Gasteiger partial charge >= 0.3 is 6.03 Å². The van der Waals surface area contributed by atoms with Gasteiger partial charge in [0.15, 0.2) is 5.54 Å². The number of non-ortho nitro benzene ring substituents is 1. The normalized spacial score (nSPS) is 20.7. The van der Waals surface area contributed by atoms with Gasteiger partial charge < -0.3 is 5.32 Å². The quantitative estimate of drug-likeness (QED) is 0.529. The van der Waals surface area contributed by atoms with Crippen LogP contribution in [-0.4, -0.2) is 21.8 Å². The Morgan fingerprint density at radius 1 is 1.26 bits per heavy atom. The Morgan fingerprint density at radius 2 is 1.96 bits per heavy atom. The molecule has 1 aromatic carbocycles. The average Bonchev–Trinajstić information content (AvgIpc) is 3.12. The summed E-state index contributed by atoms with van der Waals surface area (Å²) in [6.45, 7) is 1.75. The molecule has 3 rings (SSSR count).